The molecule has 158 valence electrons. The van der Waals surface area contributed by atoms with Gasteiger partial charge in [-0.15, -0.1) is 0 Å². The number of rotatable bonds is 5. The van der Waals surface area contributed by atoms with Crippen LogP contribution in [0.25, 0.3) is 0 Å². The van der Waals surface area contributed by atoms with Gasteiger partial charge in [0.1, 0.15) is 11.7 Å². The van der Waals surface area contributed by atoms with Crippen molar-refractivity contribution in [2.24, 2.45) is 5.92 Å². The van der Waals surface area contributed by atoms with Gasteiger partial charge >= 0.3 is 5.97 Å². The Morgan fingerprint density at radius 3 is 2.63 bits per heavy atom. The SMILES string of the molecule is CCOC(=O)C1C2NC(=S)N(c3ccc(F)cc3)C1(C)Oc1c(OCC)cccc12. The van der Waals surface area contributed by atoms with E-state index < -0.39 is 23.7 Å². The summed E-state index contributed by atoms with van der Waals surface area (Å²) < 4.78 is 31.2. The van der Waals surface area contributed by atoms with Crippen LogP contribution in [0.3, 0.4) is 0 Å². The normalized spacial score (nSPS) is 24.4. The average molecular weight is 431 g/mol. The average Bonchev–Trinajstić information content (AvgIpc) is 2.70. The van der Waals surface area contributed by atoms with Gasteiger partial charge in [0.05, 0.1) is 19.3 Å². The maximum Gasteiger partial charge on any atom is 0.317 e. The molecule has 1 fully saturated rings. The highest BCUT2D eigenvalue weighted by Gasteiger charge is 2.60. The van der Waals surface area contributed by atoms with Crippen LogP contribution in [0.15, 0.2) is 42.5 Å². The van der Waals surface area contributed by atoms with Gasteiger partial charge in [-0.1, -0.05) is 12.1 Å². The number of benzene rings is 2. The van der Waals surface area contributed by atoms with E-state index in [1.807, 2.05) is 25.1 Å². The van der Waals surface area contributed by atoms with Gasteiger partial charge in [-0.2, -0.15) is 0 Å². The number of para-hydroxylation sites is 1. The Kier molecular flexibility index (Phi) is 5.27. The lowest BCUT2D eigenvalue weighted by Gasteiger charge is -2.55. The molecule has 2 aromatic rings. The van der Waals surface area contributed by atoms with E-state index in [1.54, 1.807) is 30.9 Å². The number of hydrogen-bond acceptors (Lipinski definition) is 5. The zero-order valence-corrected chi connectivity index (χ0v) is 17.8. The third kappa shape index (κ3) is 3.15. The molecule has 2 bridgehead atoms. The summed E-state index contributed by atoms with van der Waals surface area (Å²) in [6, 6.07) is 11.0. The summed E-state index contributed by atoms with van der Waals surface area (Å²) in [7, 11) is 0. The van der Waals surface area contributed by atoms with Crippen LogP contribution < -0.4 is 19.7 Å². The van der Waals surface area contributed by atoms with E-state index in [0.717, 1.165) is 5.56 Å². The van der Waals surface area contributed by atoms with Crippen molar-refractivity contribution in [3.05, 3.63) is 53.8 Å². The van der Waals surface area contributed by atoms with E-state index in [0.29, 0.717) is 28.9 Å². The molecule has 0 saturated carbocycles. The molecule has 1 N–H and O–H groups in total. The topological polar surface area (TPSA) is 60.0 Å². The van der Waals surface area contributed by atoms with E-state index in [-0.39, 0.29) is 12.4 Å². The molecule has 2 heterocycles. The Morgan fingerprint density at radius 2 is 1.97 bits per heavy atom. The highest BCUT2D eigenvalue weighted by molar-refractivity contribution is 7.80. The van der Waals surface area contributed by atoms with Gasteiger partial charge in [-0.3, -0.25) is 9.69 Å². The molecule has 6 nitrogen and oxygen atoms in total. The van der Waals surface area contributed by atoms with Gasteiger partial charge in [0, 0.05) is 11.3 Å². The maximum atomic E-state index is 13.5. The zero-order chi connectivity index (χ0) is 21.5. The highest BCUT2D eigenvalue weighted by Crippen LogP contribution is 2.52. The van der Waals surface area contributed by atoms with Crippen LogP contribution >= 0.6 is 12.2 Å². The molecule has 8 heteroatoms. The van der Waals surface area contributed by atoms with Gasteiger partial charge in [-0.25, -0.2) is 4.39 Å². The van der Waals surface area contributed by atoms with E-state index in [2.05, 4.69) is 5.32 Å². The van der Waals surface area contributed by atoms with E-state index in [1.165, 1.54) is 12.1 Å². The summed E-state index contributed by atoms with van der Waals surface area (Å²) in [5.74, 6) is -0.358. The summed E-state index contributed by atoms with van der Waals surface area (Å²) in [6.45, 7) is 6.16. The van der Waals surface area contributed by atoms with Crippen molar-refractivity contribution in [3.63, 3.8) is 0 Å². The molecule has 2 aromatic carbocycles. The number of carbonyl (C=O) groups is 1. The van der Waals surface area contributed by atoms with Crippen LogP contribution in [0.2, 0.25) is 0 Å². The first-order chi connectivity index (χ1) is 14.4. The summed E-state index contributed by atoms with van der Waals surface area (Å²) in [4.78, 5) is 14.8. The minimum atomic E-state index is -1.21. The molecule has 0 amide bonds. The molecule has 3 atom stereocenters. The van der Waals surface area contributed by atoms with Crippen molar-refractivity contribution in [2.75, 3.05) is 18.1 Å². The minimum absolute atomic E-state index is 0.241. The largest absolute Gasteiger partial charge is 0.490 e. The van der Waals surface area contributed by atoms with Crippen molar-refractivity contribution < 1.29 is 23.4 Å². The zero-order valence-electron chi connectivity index (χ0n) is 17.0. The monoisotopic (exact) mass is 430 g/mol. The first-order valence-electron chi connectivity index (χ1n) is 9.88. The number of nitrogens with one attached hydrogen (secondary N) is 1. The standard InChI is InChI=1S/C22H23FN2O4S/c1-4-27-16-8-6-7-15-18-17(20(26)28-5-2)22(3,29-19(15)16)25(21(30)24-18)14-11-9-13(23)10-12-14/h6-12,17-18H,4-5H2,1-3H3,(H,24,30). The third-order valence-corrected chi connectivity index (χ3v) is 5.72. The predicted molar refractivity (Wildman–Crippen MR) is 114 cm³/mol. The number of esters is 1. The van der Waals surface area contributed by atoms with Crippen molar-refractivity contribution >= 4 is 29.0 Å². The summed E-state index contributed by atoms with van der Waals surface area (Å²) in [5, 5.41) is 3.66. The van der Waals surface area contributed by atoms with Crippen LogP contribution in [-0.2, 0) is 9.53 Å². The number of fused-ring (bicyclic) bond motifs is 4. The molecule has 3 unspecified atom stereocenters. The van der Waals surface area contributed by atoms with Crippen LogP contribution in [-0.4, -0.2) is 30.0 Å². The molecule has 2 aliphatic rings. The molecule has 1 saturated heterocycles. The maximum absolute atomic E-state index is 13.5. The Balaban J connectivity index is 1.90. The van der Waals surface area contributed by atoms with Crippen LogP contribution in [0.1, 0.15) is 32.4 Å². The summed E-state index contributed by atoms with van der Waals surface area (Å²) in [5.41, 5.74) is 0.163. The lowest BCUT2D eigenvalue weighted by atomic mass is 9.79. The molecule has 0 spiro atoms. The van der Waals surface area contributed by atoms with Gasteiger partial charge in [0.25, 0.3) is 0 Å². The first kappa shape index (κ1) is 20.4. The van der Waals surface area contributed by atoms with Crippen molar-refractivity contribution in [1.29, 1.82) is 0 Å². The second kappa shape index (κ2) is 7.75. The number of thiocarbonyl (C=S) groups is 1. The number of halogens is 1. The fourth-order valence-corrected chi connectivity index (χ4v) is 4.62. The Hall–Kier alpha value is -2.87. The van der Waals surface area contributed by atoms with Crippen molar-refractivity contribution in [3.8, 4) is 11.5 Å². The second-order valence-corrected chi connectivity index (χ2v) is 7.62. The molecule has 0 aromatic heterocycles. The van der Waals surface area contributed by atoms with Gasteiger partial charge < -0.3 is 19.5 Å². The van der Waals surface area contributed by atoms with Crippen LogP contribution in [0.5, 0.6) is 11.5 Å². The fraction of sp³-hybridized carbons (Fsp3) is 0.364. The van der Waals surface area contributed by atoms with E-state index >= 15 is 0 Å². The van der Waals surface area contributed by atoms with Crippen molar-refractivity contribution in [1.82, 2.24) is 5.32 Å². The summed E-state index contributed by atoms with van der Waals surface area (Å²) >= 11 is 5.64. The number of anilines is 1. The van der Waals surface area contributed by atoms with E-state index in [4.69, 9.17) is 26.4 Å². The van der Waals surface area contributed by atoms with Gasteiger partial charge in [-0.05, 0) is 63.3 Å². The number of ether oxygens (including phenoxy) is 3. The Morgan fingerprint density at radius 1 is 1.23 bits per heavy atom. The smallest absolute Gasteiger partial charge is 0.317 e. The van der Waals surface area contributed by atoms with Crippen LogP contribution in [0.4, 0.5) is 10.1 Å². The number of carbonyl (C=O) groups excluding carboxylic acids is 1. The lowest BCUT2D eigenvalue weighted by Crippen LogP contribution is -2.71. The fourth-order valence-electron chi connectivity index (χ4n) is 4.21. The Labute approximate surface area is 179 Å². The summed E-state index contributed by atoms with van der Waals surface area (Å²) in [6.07, 6.45) is 0. The quantitative estimate of drug-likeness (QED) is 0.569. The predicted octanol–water partition coefficient (Wildman–Crippen LogP) is 3.95. The van der Waals surface area contributed by atoms with Gasteiger partial charge in [0.2, 0.25) is 5.72 Å². The minimum Gasteiger partial charge on any atom is -0.490 e. The van der Waals surface area contributed by atoms with Crippen molar-refractivity contribution in [2.45, 2.75) is 32.5 Å². The Bertz CT molecular complexity index is 984. The molecule has 4 rings (SSSR count). The molecular formula is C22H23FN2O4S. The number of hydrogen-bond donors (Lipinski definition) is 1. The lowest BCUT2D eigenvalue weighted by molar-refractivity contribution is -0.159. The molecule has 30 heavy (non-hydrogen) atoms. The highest BCUT2D eigenvalue weighted by atomic mass is 32.1. The molecule has 0 radical (unpaired) electrons. The third-order valence-electron chi connectivity index (χ3n) is 5.41. The second-order valence-electron chi connectivity index (χ2n) is 7.23. The van der Waals surface area contributed by atoms with E-state index in [9.17, 15) is 9.18 Å². The molecule has 2 aliphatic heterocycles. The molecule has 0 aliphatic carbocycles. The number of nitrogens with zero attached hydrogens (tertiary/aromatic N) is 1. The first-order valence-corrected chi connectivity index (χ1v) is 10.3. The van der Waals surface area contributed by atoms with Gasteiger partial charge in [0.15, 0.2) is 16.6 Å². The van der Waals surface area contributed by atoms with Crippen LogP contribution in [0, 0.1) is 11.7 Å². The molecular weight excluding hydrogens is 407 g/mol.